The smallest absolute Gasteiger partial charge is 0.0731 e. The zero-order valence-corrected chi connectivity index (χ0v) is 15.9. The molecule has 4 unspecified atom stereocenters. The summed E-state index contributed by atoms with van der Waals surface area (Å²) in [5, 5.41) is 4.09. The lowest BCUT2D eigenvalue weighted by atomic mass is 9.94. The molecule has 3 rings (SSSR count). The SMILES string of the molecule is C1CCCCC2CC(CCCC1)OC1CCCCCCCCC1N2. The molecule has 1 aliphatic heterocycles. The van der Waals surface area contributed by atoms with E-state index in [1.54, 1.807) is 0 Å². The van der Waals surface area contributed by atoms with E-state index in [1.165, 1.54) is 116 Å². The summed E-state index contributed by atoms with van der Waals surface area (Å²) in [7, 11) is 0. The van der Waals surface area contributed by atoms with Crippen molar-refractivity contribution in [3.63, 3.8) is 0 Å². The highest BCUT2D eigenvalue weighted by Gasteiger charge is 2.32. The van der Waals surface area contributed by atoms with Gasteiger partial charge in [0, 0.05) is 12.1 Å². The first-order valence-electron chi connectivity index (χ1n) is 11.3. The van der Waals surface area contributed by atoms with Gasteiger partial charge in [0.15, 0.2) is 0 Å². The third kappa shape index (κ3) is 6.33. The molecule has 1 N–H and O–H groups in total. The highest BCUT2D eigenvalue weighted by molar-refractivity contribution is 4.88. The van der Waals surface area contributed by atoms with Crippen LogP contribution in [-0.4, -0.2) is 24.3 Å². The van der Waals surface area contributed by atoms with Gasteiger partial charge in [-0.2, -0.15) is 0 Å². The van der Waals surface area contributed by atoms with Gasteiger partial charge >= 0.3 is 0 Å². The predicted octanol–water partition coefficient (Wildman–Crippen LogP) is 6.13. The summed E-state index contributed by atoms with van der Waals surface area (Å²) in [6.45, 7) is 0. The number of fused-ring (bicyclic) bond motifs is 3. The molecule has 4 atom stereocenters. The fourth-order valence-corrected chi connectivity index (χ4v) is 5.18. The molecule has 1 heterocycles. The lowest BCUT2D eigenvalue weighted by Gasteiger charge is -2.29. The van der Waals surface area contributed by atoms with E-state index < -0.39 is 0 Å². The molecular formula is C22H41NO. The minimum absolute atomic E-state index is 0.489. The molecule has 0 radical (unpaired) electrons. The van der Waals surface area contributed by atoms with Crippen molar-refractivity contribution in [2.24, 2.45) is 0 Å². The number of nitrogens with one attached hydrogen (secondary N) is 1. The van der Waals surface area contributed by atoms with Gasteiger partial charge in [-0.3, -0.25) is 0 Å². The maximum absolute atomic E-state index is 6.76. The standard InChI is InChI=1S/C22H41NO/c1-2-6-10-14-19-18-20(15-11-7-3-1)24-22-17-13-9-5-4-8-12-16-21(22)23-19/h19-23H,1-18H2. The number of ether oxygens (including phenoxy) is 1. The van der Waals surface area contributed by atoms with E-state index in [2.05, 4.69) is 5.32 Å². The van der Waals surface area contributed by atoms with E-state index in [1.807, 2.05) is 0 Å². The van der Waals surface area contributed by atoms with Gasteiger partial charge in [-0.05, 0) is 32.1 Å². The van der Waals surface area contributed by atoms with Crippen molar-refractivity contribution in [3.05, 3.63) is 0 Å². The van der Waals surface area contributed by atoms with Crippen molar-refractivity contribution in [1.29, 1.82) is 0 Å². The van der Waals surface area contributed by atoms with E-state index in [-0.39, 0.29) is 0 Å². The first-order valence-corrected chi connectivity index (χ1v) is 11.3. The van der Waals surface area contributed by atoms with Crippen molar-refractivity contribution >= 4 is 0 Å². The van der Waals surface area contributed by atoms with Crippen LogP contribution in [0.1, 0.15) is 116 Å². The molecule has 140 valence electrons. The Hall–Kier alpha value is -0.0800. The molecule has 2 nitrogen and oxygen atoms in total. The van der Waals surface area contributed by atoms with E-state index in [0.29, 0.717) is 24.3 Å². The quantitative estimate of drug-likeness (QED) is 0.575. The number of hydrogen-bond donors (Lipinski definition) is 1. The summed E-state index contributed by atoms with van der Waals surface area (Å²) in [5.74, 6) is 0. The van der Waals surface area contributed by atoms with Crippen molar-refractivity contribution in [2.75, 3.05) is 0 Å². The third-order valence-corrected chi connectivity index (χ3v) is 6.65. The Labute approximate surface area is 150 Å². The Balaban J connectivity index is 1.64. The van der Waals surface area contributed by atoms with Crippen LogP contribution in [0.2, 0.25) is 0 Å². The van der Waals surface area contributed by atoms with Gasteiger partial charge in [-0.25, -0.2) is 0 Å². The first-order chi connectivity index (χ1) is 11.9. The Bertz CT molecular complexity index is 302. The van der Waals surface area contributed by atoms with Crippen LogP contribution in [0.5, 0.6) is 0 Å². The average molecular weight is 336 g/mol. The molecular weight excluding hydrogens is 294 g/mol. The lowest BCUT2D eigenvalue weighted by molar-refractivity contribution is -0.0305. The van der Waals surface area contributed by atoms with Gasteiger partial charge in [-0.15, -0.1) is 0 Å². The minimum atomic E-state index is 0.489. The largest absolute Gasteiger partial charge is 0.373 e. The Morgan fingerprint density at radius 1 is 0.542 bits per heavy atom. The highest BCUT2D eigenvalue weighted by atomic mass is 16.5. The monoisotopic (exact) mass is 335 g/mol. The van der Waals surface area contributed by atoms with E-state index in [9.17, 15) is 0 Å². The Morgan fingerprint density at radius 2 is 1.08 bits per heavy atom. The maximum Gasteiger partial charge on any atom is 0.0731 e. The third-order valence-electron chi connectivity index (χ3n) is 6.65. The molecule has 0 aromatic heterocycles. The molecule has 3 aliphatic rings. The topological polar surface area (TPSA) is 21.3 Å². The molecule has 0 aromatic rings. The number of rotatable bonds is 0. The molecule has 1 saturated heterocycles. The van der Waals surface area contributed by atoms with Crippen LogP contribution >= 0.6 is 0 Å². The summed E-state index contributed by atoms with van der Waals surface area (Å²) in [4.78, 5) is 0. The van der Waals surface area contributed by atoms with Gasteiger partial charge in [0.25, 0.3) is 0 Å². The van der Waals surface area contributed by atoms with Crippen LogP contribution in [0.3, 0.4) is 0 Å². The van der Waals surface area contributed by atoms with Gasteiger partial charge in [0.2, 0.25) is 0 Å². The summed E-state index contributed by atoms with van der Waals surface area (Å²) >= 11 is 0. The highest BCUT2D eigenvalue weighted by Crippen LogP contribution is 2.29. The van der Waals surface area contributed by atoms with Crippen LogP contribution in [0.25, 0.3) is 0 Å². The van der Waals surface area contributed by atoms with Gasteiger partial charge in [0.1, 0.15) is 0 Å². The normalized spacial score (nSPS) is 38.0. The molecule has 2 bridgehead atoms. The minimum Gasteiger partial charge on any atom is -0.373 e. The Kier molecular flexibility index (Phi) is 8.42. The fourth-order valence-electron chi connectivity index (χ4n) is 5.18. The average Bonchev–Trinajstić information content (AvgIpc) is 2.74. The van der Waals surface area contributed by atoms with E-state index in [0.717, 1.165) is 0 Å². The summed E-state index contributed by atoms with van der Waals surface area (Å²) < 4.78 is 6.76. The summed E-state index contributed by atoms with van der Waals surface area (Å²) in [6.07, 6.45) is 26.1. The maximum atomic E-state index is 6.76. The first kappa shape index (κ1) is 18.7. The molecule has 2 saturated carbocycles. The molecule has 2 heteroatoms. The molecule has 0 spiro atoms. The summed E-state index contributed by atoms with van der Waals surface area (Å²) in [5.41, 5.74) is 0. The molecule has 2 aliphatic carbocycles. The predicted molar refractivity (Wildman–Crippen MR) is 102 cm³/mol. The van der Waals surface area contributed by atoms with E-state index >= 15 is 0 Å². The van der Waals surface area contributed by atoms with Crippen molar-refractivity contribution in [1.82, 2.24) is 5.32 Å². The Morgan fingerprint density at radius 3 is 1.79 bits per heavy atom. The van der Waals surface area contributed by atoms with Crippen molar-refractivity contribution in [3.8, 4) is 0 Å². The lowest BCUT2D eigenvalue weighted by Crippen LogP contribution is -2.44. The molecule has 0 amide bonds. The second kappa shape index (κ2) is 10.8. The van der Waals surface area contributed by atoms with Crippen LogP contribution in [-0.2, 0) is 4.74 Å². The van der Waals surface area contributed by atoms with Crippen LogP contribution in [0.4, 0.5) is 0 Å². The van der Waals surface area contributed by atoms with Crippen LogP contribution in [0.15, 0.2) is 0 Å². The van der Waals surface area contributed by atoms with Crippen LogP contribution in [0, 0.1) is 0 Å². The number of hydrogen-bond acceptors (Lipinski definition) is 2. The fraction of sp³-hybridized carbons (Fsp3) is 1.00. The molecule has 3 fully saturated rings. The van der Waals surface area contributed by atoms with Crippen LogP contribution < -0.4 is 5.32 Å². The second-order valence-corrected chi connectivity index (χ2v) is 8.75. The zero-order valence-electron chi connectivity index (χ0n) is 15.9. The molecule has 24 heavy (non-hydrogen) atoms. The van der Waals surface area contributed by atoms with Gasteiger partial charge in [-0.1, -0.05) is 83.5 Å². The zero-order chi connectivity index (χ0) is 16.5. The molecule has 0 aromatic carbocycles. The second-order valence-electron chi connectivity index (χ2n) is 8.75. The van der Waals surface area contributed by atoms with Crippen molar-refractivity contribution < 1.29 is 4.74 Å². The van der Waals surface area contributed by atoms with E-state index in [4.69, 9.17) is 4.74 Å². The van der Waals surface area contributed by atoms with Gasteiger partial charge < -0.3 is 10.1 Å². The van der Waals surface area contributed by atoms with Crippen molar-refractivity contribution in [2.45, 2.75) is 140 Å². The van der Waals surface area contributed by atoms with Gasteiger partial charge in [0.05, 0.1) is 12.2 Å². The summed E-state index contributed by atoms with van der Waals surface area (Å²) in [6, 6.07) is 1.34.